The first kappa shape index (κ1) is 18.5. The molecule has 4 rings (SSSR count). The Balaban J connectivity index is 1.66. The van der Waals surface area contributed by atoms with Crippen molar-refractivity contribution < 1.29 is 15.0 Å². The molecule has 148 valence electrons. The highest BCUT2D eigenvalue weighted by molar-refractivity contribution is 5.73. The molecule has 1 aromatic carbocycles. The number of carboxylic acid groups (broad SMARTS) is 1. The van der Waals surface area contributed by atoms with Crippen LogP contribution in [0.3, 0.4) is 0 Å². The van der Waals surface area contributed by atoms with E-state index in [-0.39, 0.29) is 11.8 Å². The van der Waals surface area contributed by atoms with Crippen molar-refractivity contribution in [2.75, 3.05) is 18.4 Å². The number of piperidine rings is 1. The van der Waals surface area contributed by atoms with Gasteiger partial charge < -0.3 is 20.4 Å². The Hall–Kier alpha value is -2.83. The van der Waals surface area contributed by atoms with Crippen molar-refractivity contribution in [1.82, 2.24) is 15.1 Å². The number of nitrogens with zero attached hydrogens (tertiary/aromatic N) is 3. The predicted molar refractivity (Wildman–Crippen MR) is 107 cm³/mol. The number of aromatic nitrogens is 2. The molecule has 1 amide bonds. The van der Waals surface area contributed by atoms with Crippen LogP contribution in [0.4, 0.5) is 10.6 Å². The quantitative estimate of drug-likeness (QED) is 0.750. The van der Waals surface area contributed by atoms with Gasteiger partial charge in [0.05, 0.1) is 0 Å². The summed E-state index contributed by atoms with van der Waals surface area (Å²) in [5, 5.41) is 32.1. The topological polar surface area (TPSA) is 98.6 Å². The van der Waals surface area contributed by atoms with Gasteiger partial charge in [0.25, 0.3) is 0 Å². The Morgan fingerprint density at radius 1 is 1.18 bits per heavy atom. The summed E-state index contributed by atoms with van der Waals surface area (Å²) in [4.78, 5) is 12.7. The van der Waals surface area contributed by atoms with Crippen molar-refractivity contribution >= 4 is 11.9 Å². The maximum atomic E-state index is 11.3. The Morgan fingerprint density at radius 2 is 1.96 bits per heavy atom. The number of hydrogen-bond donors (Lipinski definition) is 3. The molecule has 0 radical (unpaired) electrons. The van der Waals surface area contributed by atoms with E-state index in [0.717, 1.165) is 72.3 Å². The van der Waals surface area contributed by atoms with E-state index in [4.69, 9.17) is 0 Å². The van der Waals surface area contributed by atoms with Crippen LogP contribution in [-0.2, 0) is 12.8 Å². The molecular weight excluding hydrogens is 356 g/mol. The van der Waals surface area contributed by atoms with Crippen LogP contribution in [0.25, 0.3) is 11.3 Å². The van der Waals surface area contributed by atoms with Gasteiger partial charge in [0.1, 0.15) is 11.4 Å². The standard InChI is InChI=1S/C21H26N4O3/c1-13-8-9-17(18(26)11-13)19-15-6-2-3-7-16(15)20(24-23-19)22-14-5-4-10-25(12-14)21(27)28/h8-9,11,14,26H,2-7,10,12H2,1H3,(H,22,24)(H,27,28)/t14-/m1/s1. The lowest BCUT2D eigenvalue weighted by Crippen LogP contribution is -2.44. The smallest absolute Gasteiger partial charge is 0.407 e. The third kappa shape index (κ3) is 3.61. The Kier molecular flexibility index (Phi) is 5.07. The van der Waals surface area contributed by atoms with Crippen molar-refractivity contribution in [2.24, 2.45) is 0 Å². The largest absolute Gasteiger partial charge is 0.507 e. The number of fused-ring (bicyclic) bond motifs is 1. The highest BCUT2D eigenvalue weighted by atomic mass is 16.4. The van der Waals surface area contributed by atoms with E-state index in [9.17, 15) is 15.0 Å². The molecule has 7 nitrogen and oxygen atoms in total. The van der Waals surface area contributed by atoms with Gasteiger partial charge in [-0.2, -0.15) is 0 Å². The van der Waals surface area contributed by atoms with Gasteiger partial charge in [-0.3, -0.25) is 0 Å². The van der Waals surface area contributed by atoms with Crippen LogP contribution in [0.1, 0.15) is 42.4 Å². The third-order valence-corrected chi connectivity index (χ3v) is 5.73. The highest BCUT2D eigenvalue weighted by Crippen LogP contribution is 2.37. The first-order valence-corrected chi connectivity index (χ1v) is 9.95. The minimum Gasteiger partial charge on any atom is -0.507 e. The number of benzene rings is 1. The fraction of sp³-hybridized carbons (Fsp3) is 0.476. The van der Waals surface area contributed by atoms with Crippen molar-refractivity contribution in [3.63, 3.8) is 0 Å². The second kappa shape index (κ2) is 7.66. The molecule has 3 N–H and O–H groups in total. The number of carbonyl (C=O) groups is 1. The van der Waals surface area contributed by atoms with Gasteiger partial charge in [-0.1, -0.05) is 6.07 Å². The van der Waals surface area contributed by atoms with Crippen LogP contribution < -0.4 is 5.32 Å². The number of aryl methyl sites for hydroxylation is 1. The molecule has 0 bridgehead atoms. The number of likely N-dealkylation sites (tertiary alicyclic amines) is 1. The summed E-state index contributed by atoms with van der Waals surface area (Å²) in [6, 6.07) is 5.67. The van der Waals surface area contributed by atoms with E-state index in [1.54, 1.807) is 6.07 Å². The number of phenolic OH excluding ortho intramolecular Hbond substituents is 1. The second-order valence-corrected chi connectivity index (χ2v) is 7.79. The van der Waals surface area contributed by atoms with Gasteiger partial charge in [0.2, 0.25) is 0 Å². The summed E-state index contributed by atoms with van der Waals surface area (Å²) >= 11 is 0. The van der Waals surface area contributed by atoms with E-state index in [1.807, 2.05) is 19.1 Å². The number of hydrogen-bond acceptors (Lipinski definition) is 5. The fourth-order valence-corrected chi connectivity index (χ4v) is 4.29. The monoisotopic (exact) mass is 382 g/mol. The van der Waals surface area contributed by atoms with Crippen LogP contribution in [0.2, 0.25) is 0 Å². The summed E-state index contributed by atoms with van der Waals surface area (Å²) in [6.45, 7) is 3.00. The van der Waals surface area contributed by atoms with Gasteiger partial charge in [-0.25, -0.2) is 4.79 Å². The zero-order valence-electron chi connectivity index (χ0n) is 16.1. The maximum absolute atomic E-state index is 11.3. The van der Waals surface area contributed by atoms with E-state index < -0.39 is 6.09 Å². The van der Waals surface area contributed by atoms with Gasteiger partial charge >= 0.3 is 6.09 Å². The molecule has 1 aromatic heterocycles. The van der Waals surface area contributed by atoms with E-state index >= 15 is 0 Å². The van der Waals surface area contributed by atoms with Gasteiger partial charge in [-0.15, -0.1) is 10.2 Å². The molecule has 1 fully saturated rings. The van der Waals surface area contributed by atoms with E-state index in [1.165, 1.54) is 4.90 Å². The van der Waals surface area contributed by atoms with Gasteiger partial charge in [0.15, 0.2) is 5.82 Å². The van der Waals surface area contributed by atoms with Crippen LogP contribution in [-0.4, -0.2) is 50.5 Å². The number of aromatic hydroxyl groups is 1. The van der Waals surface area contributed by atoms with E-state index in [0.29, 0.717) is 13.1 Å². The molecule has 2 heterocycles. The summed E-state index contributed by atoms with van der Waals surface area (Å²) in [5.74, 6) is 0.995. The second-order valence-electron chi connectivity index (χ2n) is 7.79. The number of rotatable bonds is 3. The molecule has 0 unspecified atom stereocenters. The Bertz CT molecular complexity index is 899. The minimum absolute atomic E-state index is 0.0452. The normalized spacial score (nSPS) is 19.2. The molecule has 0 spiro atoms. The lowest BCUT2D eigenvalue weighted by Gasteiger charge is -2.32. The molecule has 1 saturated heterocycles. The molecule has 28 heavy (non-hydrogen) atoms. The Labute approximate surface area is 164 Å². The summed E-state index contributed by atoms with van der Waals surface area (Å²) in [6.07, 6.45) is 4.91. The molecule has 2 aromatic rings. The lowest BCUT2D eigenvalue weighted by molar-refractivity contribution is 0.132. The SMILES string of the molecule is Cc1ccc(-c2nnc(N[C@@H]3CCCN(C(=O)O)C3)c3c2CCCC3)c(O)c1. The fourth-order valence-electron chi connectivity index (χ4n) is 4.29. The first-order valence-electron chi connectivity index (χ1n) is 9.95. The first-order chi connectivity index (χ1) is 13.5. The molecule has 1 atom stereocenters. The van der Waals surface area contributed by atoms with Gasteiger partial charge in [-0.05, 0) is 68.7 Å². The summed E-state index contributed by atoms with van der Waals surface area (Å²) in [7, 11) is 0. The number of amides is 1. The van der Waals surface area contributed by atoms with Crippen molar-refractivity contribution in [2.45, 2.75) is 51.5 Å². The van der Waals surface area contributed by atoms with Crippen LogP contribution in [0, 0.1) is 6.92 Å². The molecular formula is C21H26N4O3. The number of anilines is 1. The maximum Gasteiger partial charge on any atom is 0.407 e. The molecule has 1 aliphatic carbocycles. The lowest BCUT2D eigenvalue weighted by atomic mass is 9.88. The number of nitrogens with one attached hydrogen (secondary N) is 1. The molecule has 1 aliphatic heterocycles. The van der Waals surface area contributed by atoms with Crippen molar-refractivity contribution in [3.8, 4) is 17.0 Å². The zero-order valence-corrected chi connectivity index (χ0v) is 16.1. The average Bonchev–Trinajstić information content (AvgIpc) is 2.69. The predicted octanol–water partition coefficient (Wildman–Crippen LogP) is 3.59. The van der Waals surface area contributed by atoms with Crippen LogP contribution in [0.15, 0.2) is 18.2 Å². The van der Waals surface area contributed by atoms with Crippen molar-refractivity contribution in [3.05, 3.63) is 34.9 Å². The highest BCUT2D eigenvalue weighted by Gasteiger charge is 2.26. The molecule has 0 saturated carbocycles. The summed E-state index contributed by atoms with van der Waals surface area (Å²) < 4.78 is 0. The molecule has 2 aliphatic rings. The van der Waals surface area contributed by atoms with Crippen molar-refractivity contribution in [1.29, 1.82) is 0 Å². The zero-order chi connectivity index (χ0) is 19.7. The number of phenols is 1. The van der Waals surface area contributed by atoms with E-state index in [2.05, 4.69) is 15.5 Å². The third-order valence-electron chi connectivity index (χ3n) is 5.73. The Morgan fingerprint density at radius 3 is 2.71 bits per heavy atom. The summed E-state index contributed by atoms with van der Waals surface area (Å²) in [5.41, 5.74) is 4.78. The van der Waals surface area contributed by atoms with Gasteiger partial charge in [0, 0.05) is 30.3 Å². The van der Waals surface area contributed by atoms with Crippen LogP contribution in [0.5, 0.6) is 5.75 Å². The van der Waals surface area contributed by atoms with Crippen LogP contribution >= 0.6 is 0 Å². The minimum atomic E-state index is -0.871. The molecule has 7 heteroatoms. The average molecular weight is 382 g/mol.